The zero-order valence-electron chi connectivity index (χ0n) is 11.2. The fourth-order valence-corrected chi connectivity index (χ4v) is 3.17. The van der Waals surface area contributed by atoms with Crippen LogP contribution in [0.2, 0.25) is 0 Å². The molecule has 3 nitrogen and oxygen atoms in total. The second-order valence-corrected chi connectivity index (χ2v) is 5.81. The summed E-state index contributed by atoms with van der Waals surface area (Å²) in [5, 5.41) is 0. The molecule has 0 bridgehead atoms. The van der Waals surface area contributed by atoms with Crippen molar-refractivity contribution in [1.82, 2.24) is 4.90 Å². The van der Waals surface area contributed by atoms with Crippen molar-refractivity contribution >= 4 is 5.96 Å². The van der Waals surface area contributed by atoms with Gasteiger partial charge in [-0.1, -0.05) is 32.1 Å². The van der Waals surface area contributed by atoms with E-state index in [4.69, 9.17) is 5.73 Å². The number of hydrogen-bond acceptors (Lipinski definition) is 1. The molecule has 2 aliphatic carbocycles. The van der Waals surface area contributed by atoms with E-state index in [0.29, 0.717) is 6.04 Å². The summed E-state index contributed by atoms with van der Waals surface area (Å²) in [5.41, 5.74) is 6.09. The minimum absolute atomic E-state index is 0.504. The monoisotopic (exact) mass is 237 g/mol. The number of rotatable bonds is 3. The van der Waals surface area contributed by atoms with E-state index in [9.17, 15) is 0 Å². The average Bonchev–Trinajstić information content (AvgIpc) is 2.83. The Balaban J connectivity index is 1.78. The van der Waals surface area contributed by atoms with Crippen molar-refractivity contribution in [3.63, 3.8) is 0 Å². The Labute approximate surface area is 105 Å². The standard InChI is InChI=1S/C14H27N3/c1-17(11-12-7-3-2-4-8-12)14(15)16-13-9-5-6-10-13/h12-13H,2-11H2,1H3,(H2,15,16). The summed E-state index contributed by atoms with van der Waals surface area (Å²) in [6.07, 6.45) is 12.1. The lowest BCUT2D eigenvalue weighted by molar-refractivity contribution is 0.294. The molecule has 0 radical (unpaired) electrons. The first-order chi connectivity index (χ1) is 8.25. The number of nitrogens with zero attached hydrogens (tertiary/aromatic N) is 2. The van der Waals surface area contributed by atoms with E-state index in [0.717, 1.165) is 18.4 Å². The summed E-state index contributed by atoms with van der Waals surface area (Å²) in [4.78, 5) is 6.84. The lowest BCUT2D eigenvalue weighted by Crippen LogP contribution is -2.38. The van der Waals surface area contributed by atoms with Gasteiger partial charge in [0.25, 0.3) is 0 Å². The largest absolute Gasteiger partial charge is 0.370 e. The van der Waals surface area contributed by atoms with Gasteiger partial charge in [0.15, 0.2) is 5.96 Å². The second-order valence-electron chi connectivity index (χ2n) is 5.81. The third-order valence-corrected chi connectivity index (χ3v) is 4.29. The van der Waals surface area contributed by atoms with Crippen LogP contribution in [0, 0.1) is 5.92 Å². The van der Waals surface area contributed by atoms with Gasteiger partial charge in [-0.2, -0.15) is 0 Å². The van der Waals surface area contributed by atoms with E-state index in [1.165, 1.54) is 57.8 Å². The Morgan fingerprint density at radius 1 is 1.06 bits per heavy atom. The number of guanidine groups is 1. The normalized spacial score (nSPS) is 24.2. The molecule has 0 amide bonds. The molecule has 2 N–H and O–H groups in total. The van der Waals surface area contributed by atoms with Gasteiger partial charge in [0, 0.05) is 13.6 Å². The minimum Gasteiger partial charge on any atom is -0.370 e. The zero-order chi connectivity index (χ0) is 12.1. The Morgan fingerprint density at radius 2 is 1.65 bits per heavy atom. The number of hydrogen-bond donors (Lipinski definition) is 1. The minimum atomic E-state index is 0.504. The van der Waals surface area contributed by atoms with Crippen LogP contribution in [0.15, 0.2) is 4.99 Å². The fourth-order valence-electron chi connectivity index (χ4n) is 3.17. The van der Waals surface area contributed by atoms with Crippen molar-refractivity contribution < 1.29 is 0 Å². The summed E-state index contributed by atoms with van der Waals surface area (Å²) in [6.45, 7) is 1.10. The third kappa shape index (κ3) is 3.90. The predicted octanol–water partition coefficient (Wildman–Crippen LogP) is 2.76. The van der Waals surface area contributed by atoms with E-state index in [2.05, 4.69) is 16.9 Å². The average molecular weight is 237 g/mol. The molecule has 0 unspecified atom stereocenters. The maximum atomic E-state index is 6.09. The van der Waals surface area contributed by atoms with E-state index < -0.39 is 0 Å². The van der Waals surface area contributed by atoms with Crippen molar-refractivity contribution in [2.75, 3.05) is 13.6 Å². The second kappa shape index (κ2) is 6.27. The van der Waals surface area contributed by atoms with Crippen LogP contribution < -0.4 is 5.73 Å². The van der Waals surface area contributed by atoms with Crippen LogP contribution in [0.5, 0.6) is 0 Å². The first-order valence-corrected chi connectivity index (χ1v) is 7.30. The molecular weight excluding hydrogens is 210 g/mol. The molecule has 98 valence electrons. The molecule has 0 saturated heterocycles. The Kier molecular flexibility index (Phi) is 4.69. The van der Waals surface area contributed by atoms with Crippen LogP contribution in [-0.2, 0) is 0 Å². The zero-order valence-corrected chi connectivity index (χ0v) is 11.2. The van der Waals surface area contributed by atoms with E-state index in [-0.39, 0.29) is 0 Å². The molecule has 0 aliphatic heterocycles. The lowest BCUT2D eigenvalue weighted by atomic mass is 9.89. The number of nitrogens with two attached hydrogens (primary N) is 1. The molecule has 17 heavy (non-hydrogen) atoms. The molecule has 2 rings (SSSR count). The predicted molar refractivity (Wildman–Crippen MR) is 73.1 cm³/mol. The Bertz CT molecular complexity index is 250. The molecular formula is C14H27N3. The van der Waals surface area contributed by atoms with Gasteiger partial charge < -0.3 is 10.6 Å². The highest BCUT2D eigenvalue weighted by molar-refractivity contribution is 5.78. The SMILES string of the molecule is CN(CC1CCCCC1)C(N)=NC1CCCC1. The molecule has 0 heterocycles. The van der Waals surface area contributed by atoms with Crippen LogP contribution in [0.25, 0.3) is 0 Å². The first-order valence-electron chi connectivity index (χ1n) is 7.30. The maximum Gasteiger partial charge on any atom is 0.191 e. The van der Waals surface area contributed by atoms with Gasteiger partial charge in [-0.05, 0) is 31.6 Å². The van der Waals surface area contributed by atoms with Gasteiger partial charge >= 0.3 is 0 Å². The Hall–Kier alpha value is -0.730. The summed E-state index contributed by atoms with van der Waals surface area (Å²) in [6, 6.07) is 0.504. The summed E-state index contributed by atoms with van der Waals surface area (Å²) >= 11 is 0. The van der Waals surface area contributed by atoms with Crippen molar-refractivity contribution in [2.45, 2.75) is 63.8 Å². The first kappa shape index (κ1) is 12.7. The molecule has 0 atom stereocenters. The maximum absolute atomic E-state index is 6.09. The fraction of sp³-hybridized carbons (Fsp3) is 0.929. The molecule has 2 fully saturated rings. The van der Waals surface area contributed by atoms with Crippen LogP contribution >= 0.6 is 0 Å². The van der Waals surface area contributed by atoms with Gasteiger partial charge in [0.2, 0.25) is 0 Å². The van der Waals surface area contributed by atoms with Crippen LogP contribution in [-0.4, -0.2) is 30.5 Å². The molecule has 0 aromatic carbocycles. The molecule has 0 spiro atoms. The van der Waals surface area contributed by atoms with Gasteiger partial charge in [-0.25, -0.2) is 4.99 Å². The molecule has 3 heteroatoms. The van der Waals surface area contributed by atoms with Crippen molar-refractivity contribution in [1.29, 1.82) is 0 Å². The van der Waals surface area contributed by atoms with E-state index in [1.807, 2.05) is 0 Å². The highest BCUT2D eigenvalue weighted by atomic mass is 15.2. The molecule has 0 aromatic heterocycles. The molecule has 2 aliphatic rings. The number of aliphatic imine (C=N–C) groups is 1. The van der Waals surface area contributed by atoms with E-state index in [1.54, 1.807) is 0 Å². The van der Waals surface area contributed by atoms with Crippen LogP contribution in [0.3, 0.4) is 0 Å². The van der Waals surface area contributed by atoms with Crippen molar-refractivity contribution in [3.8, 4) is 0 Å². The smallest absolute Gasteiger partial charge is 0.191 e. The molecule has 0 aromatic rings. The van der Waals surface area contributed by atoms with E-state index >= 15 is 0 Å². The van der Waals surface area contributed by atoms with Crippen LogP contribution in [0.4, 0.5) is 0 Å². The highest BCUT2D eigenvalue weighted by Crippen LogP contribution is 2.24. The highest BCUT2D eigenvalue weighted by Gasteiger charge is 2.18. The Morgan fingerprint density at radius 3 is 2.29 bits per heavy atom. The van der Waals surface area contributed by atoms with Gasteiger partial charge in [-0.15, -0.1) is 0 Å². The van der Waals surface area contributed by atoms with Gasteiger partial charge in [-0.3, -0.25) is 0 Å². The lowest BCUT2D eigenvalue weighted by Gasteiger charge is -2.28. The summed E-state index contributed by atoms with van der Waals surface area (Å²) < 4.78 is 0. The van der Waals surface area contributed by atoms with Gasteiger partial charge in [0.05, 0.1) is 6.04 Å². The molecule has 2 saturated carbocycles. The summed E-state index contributed by atoms with van der Waals surface area (Å²) in [5.74, 6) is 1.61. The van der Waals surface area contributed by atoms with Crippen LogP contribution in [0.1, 0.15) is 57.8 Å². The van der Waals surface area contributed by atoms with Gasteiger partial charge in [0.1, 0.15) is 0 Å². The topological polar surface area (TPSA) is 41.6 Å². The quantitative estimate of drug-likeness (QED) is 0.606. The summed E-state index contributed by atoms with van der Waals surface area (Å²) in [7, 11) is 2.10. The van der Waals surface area contributed by atoms with Crippen molar-refractivity contribution in [3.05, 3.63) is 0 Å². The van der Waals surface area contributed by atoms with Crippen molar-refractivity contribution in [2.24, 2.45) is 16.6 Å². The third-order valence-electron chi connectivity index (χ3n) is 4.29.